The smallest absolute Gasteiger partial charge is 0.175 e. The van der Waals surface area contributed by atoms with E-state index in [0.717, 1.165) is 17.4 Å². The summed E-state index contributed by atoms with van der Waals surface area (Å²) in [6, 6.07) is 16.8. The van der Waals surface area contributed by atoms with Gasteiger partial charge in [-0.1, -0.05) is 59.6 Å². The highest BCUT2D eigenvalue weighted by Crippen LogP contribution is 2.43. The number of phenols is 1. The summed E-state index contributed by atoms with van der Waals surface area (Å²) in [4.78, 5) is 0.235. The number of benzene rings is 3. The molecule has 25 heavy (non-hydrogen) atoms. The SMILES string of the molecule is CS(=O)(=O)c1ccc(-c2cccc(O)c2-c2cccc(Cl)c2Cl)cc1. The summed E-state index contributed by atoms with van der Waals surface area (Å²) >= 11 is 12.4. The molecule has 0 heterocycles. The minimum atomic E-state index is -3.27. The molecule has 1 N–H and O–H groups in total. The second-order valence-electron chi connectivity index (χ2n) is 5.60. The van der Waals surface area contributed by atoms with Crippen molar-refractivity contribution in [2.24, 2.45) is 0 Å². The van der Waals surface area contributed by atoms with Crippen molar-refractivity contribution < 1.29 is 13.5 Å². The molecule has 0 aliphatic carbocycles. The fraction of sp³-hybridized carbons (Fsp3) is 0.0526. The monoisotopic (exact) mass is 392 g/mol. The first-order valence-electron chi connectivity index (χ1n) is 7.36. The normalized spacial score (nSPS) is 11.5. The van der Waals surface area contributed by atoms with Crippen LogP contribution in [0.4, 0.5) is 0 Å². The molecule has 0 spiro atoms. The lowest BCUT2D eigenvalue weighted by Crippen LogP contribution is -1.96. The van der Waals surface area contributed by atoms with Crippen LogP contribution in [0.3, 0.4) is 0 Å². The molecule has 0 saturated heterocycles. The average Bonchev–Trinajstić information content (AvgIpc) is 2.57. The van der Waals surface area contributed by atoms with Crippen LogP contribution in [0.15, 0.2) is 65.6 Å². The van der Waals surface area contributed by atoms with Gasteiger partial charge in [-0.15, -0.1) is 0 Å². The van der Waals surface area contributed by atoms with Gasteiger partial charge in [0.25, 0.3) is 0 Å². The van der Waals surface area contributed by atoms with Crippen LogP contribution in [0.25, 0.3) is 22.3 Å². The fourth-order valence-corrected chi connectivity index (χ4v) is 3.67. The zero-order valence-electron chi connectivity index (χ0n) is 13.2. The van der Waals surface area contributed by atoms with Gasteiger partial charge in [0, 0.05) is 17.4 Å². The van der Waals surface area contributed by atoms with Crippen LogP contribution in [0.5, 0.6) is 5.75 Å². The standard InChI is InChI=1S/C19H14Cl2O3S/c1-25(23,24)13-10-8-12(9-11-13)14-4-3-7-17(22)18(14)15-5-2-6-16(20)19(15)21/h2-11,22H,1H3. The Balaban J connectivity index is 2.22. The maximum atomic E-state index is 11.6. The predicted molar refractivity (Wildman–Crippen MR) is 102 cm³/mol. The van der Waals surface area contributed by atoms with E-state index in [9.17, 15) is 13.5 Å². The molecule has 3 aromatic rings. The molecule has 0 bridgehead atoms. The van der Waals surface area contributed by atoms with Crippen molar-refractivity contribution in [3.63, 3.8) is 0 Å². The summed E-state index contributed by atoms with van der Waals surface area (Å²) in [6.45, 7) is 0. The van der Waals surface area contributed by atoms with Crippen molar-refractivity contribution in [1.29, 1.82) is 0 Å². The van der Waals surface area contributed by atoms with E-state index in [-0.39, 0.29) is 10.6 Å². The second-order valence-corrected chi connectivity index (χ2v) is 8.40. The third-order valence-electron chi connectivity index (χ3n) is 3.86. The van der Waals surface area contributed by atoms with Crippen molar-refractivity contribution >= 4 is 33.0 Å². The lowest BCUT2D eigenvalue weighted by atomic mass is 9.93. The highest BCUT2D eigenvalue weighted by atomic mass is 35.5. The molecule has 0 aliphatic rings. The molecule has 6 heteroatoms. The predicted octanol–water partition coefficient (Wildman–Crippen LogP) is 5.44. The van der Waals surface area contributed by atoms with Crippen molar-refractivity contribution in [3.8, 4) is 28.0 Å². The van der Waals surface area contributed by atoms with E-state index < -0.39 is 9.84 Å². The quantitative estimate of drug-likeness (QED) is 0.645. The molecule has 0 saturated carbocycles. The van der Waals surface area contributed by atoms with Gasteiger partial charge in [-0.3, -0.25) is 0 Å². The molecule has 128 valence electrons. The van der Waals surface area contributed by atoms with E-state index in [0.29, 0.717) is 21.2 Å². The molecule has 3 aromatic carbocycles. The Hall–Kier alpha value is -2.01. The van der Waals surface area contributed by atoms with Crippen LogP contribution in [0, 0.1) is 0 Å². The van der Waals surface area contributed by atoms with Crippen LogP contribution in [-0.2, 0) is 9.84 Å². The molecule has 0 radical (unpaired) electrons. The molecule has 0 atom stereocenters. The van der Waals surface area contributed by atoms with Crippen molar-refractivity contribution in [1.82, 2.24) is 0 Å². The van der Waals surface area contributed by atoms with Crippen LogP contribution >= 0.6 is 23.2 Å². The lowest BCUT2D eigenvalue weighted by Gasteiger charge is -2.14. The largest absolute Gasteiger partial charge is 0.507 e. The molecule has 3 nitrogen and oxygen atoms in total. The van der Waals surface area contributed by atoms with Gasteiger partial charge in [0.2, 0.25) is 0 Å². The molecule has 0 aliphatic heterocycles. The Morgan fingerprint density at radius 3 is 2.08 bits per heavy atom. The Morgan fingerprint density at radius 1 is 0.840 bits per heavy atom. The topological polar surface area (TPSA) is 54.4 Å². The number of phenolic OH excluding ortho intramolecular Hbond substituents is 1. The first-order valence-corrected chi connectivity index (χ1v) is 10.0. The molecule has 0 fully saturated rings. The minimum absolute atomic E-state index is 0.0638. The van der Waals surface area contributed by atoms with Gasteiger partial charge in [-0.2, -0.15) is 0 Å². The summed E-state index contributed by atoms with van der Waals surface area (Å²) in [5.41, 5.74) is 2.63. The Morgan fingerprint density at radius 2 is 1.44 bits per heavy atom. The van der Waals surface area contributed by atoms with E-state index in [2.05, 4.69) is 0 Å². The molecule has 0 unspecified atom stereocenters. The first-order chi connectivity index (χ1) is 11.8. The Labute approximate surface area is 156 Å². The average molecular weight is 393 g/mol. The molecular formula is C19H14Cl2O3S. The number of hydrogen-bond donors (Lipinski definition) is 1. The van der Waals surface area contributed by atoms with Gasteiger partial charge in [0.1, 0.15) is 5.75 Å². The molecule has 0 amide bonds. The maximum Gasteiger partial charge on any atom is 0.175 e. The zero-order valence-corrected chi connectivity index (χ0v) is 15.5. The number of halogens is 2. The van der Waals surface area contributed by atoms with E-state index in [1.165, 1.54) is 12.1 Å². The van der Waals surface area contributed by atoms with Crippen LogP contribution in [0.1, 0.15) is 0 Å². The van der Waals surface area contributed by atoms with Gasteiger partial charge in [-0.05, 0) is 35.4 Å². The maximum absolute atomic E-state index is 11.6. The highest BCUT2D eigenvalue weighted by Gasteiger charge is 2.16. The fourth-order valence-electron chi connectivity index (χ4n) is 2.64. The zero-order chi connectivity index (χ0) is 18.2. The number of rotatable bonds is 3. The van der Waals surface area contributed by atoms with Crippen molar-refractivity contribution in [2.45, 2.75) is 4.90 Å². The Kier molecular flexibility index (Phi) is 4.78. The number of sulfone groups is 1. The lowest BCUT2D eigenvalue weighted by molar-refractivity contribution is 0.477. The van der Waals surface area contributed by atoms with Crippen LogP contribution in [0.2, 0.25) is 10.0 Å². The molecule has 0 aromatic heterocycles. The van der Waals surface area contributed by atoms with E-state index >= 15 is 0 Å². The van der Waals surface area contributed by atoms with Gasteiger partial charge in [0.15, 0.2) is 9.84 Å². The summed E-state index contributed by atoms with van der Waals surface area (Å²) in [5, 5.41) is 11.1. The Bertz CT molecular complexity index is 1040. The van der Waals surface area contributed by atoms with E-state index in [4.69, 9.17) is 23.2 Å². The summed E-state index contributed by atoms with van der Waals surface area (Å²) < 4.78 is 23.3. The second kappa shape index (κ2) is 6.71. The van der Waals surface area contributed by atoms with Crippen molar-refractivity contribution in [2.75, 3.05) is 6.26 Å². The van der Waals surface area contributed by atoms with E-state index in [1.807, 2.05) is 6.07 Å². The van der Waals surface area contributed by atoms with Gasteiger partial charge < -0.3 is 5.11 Å². The van der Waals surface area contributed by atoms with Crippen LogP contribution in [-0.4, -0.2) is 19.8 Å². The first kappa shape index (κ1) is 17.8. The minimum Gasteiger partial charge on any atom is -0.507 e. The highest BCUT2D eigenvalue weighted by molar-refractivity contribution is 7.90. The third-order valence-corrected chi connectivity index (χ3v) is 5.80. The summed E-state index contributed by atoms with van der Waals surface area (Å²) in [5.74, 6) is 0.0638. The van der Waals surface area contributed by atoms with Gasteiger partial charge in [-0.25, -0.2) is 8.42 Å². The molecular weight excluding hydrogens is 379 g/mol. The number of aromatic hydroxyl groups is 1. The van der Waals surface area contributed by atoms with Gasteiger partial charge >= 0.3 is 0 Å². The summed E-state index contributed by atoms with van der Waals surface area (Å²) in [7, 11) is -3.27. The summed E-state index contributed by atoms with van der Waals surface area (Å²) in [6.07, 6.45) is 1.16. The third kappa shape index (κ3) is 3.52. The number of hydrogen-bond acceptors (Lipinski definition) is 3. The van der Waals surface area contributed by atoms with Crippen molar-refractivity contribution in [3.05, 3.63) is 70.7 Å². The molecule has 3 rings (SSSR count). The van der Waals surface area contributed by atoms with Crippen LogP contribution < -0.4 is 0 Å². The van der Waals surface area contributed by atoms with Gasteiger partial charge in [0.05, 0.1) is 14.9 Å². The van der Waals surface area contributed by atoms with E-state index in [1.54, 1.807) is 42.5 Å².